The van der Waals surface area contributed by atoms with Crippen LogP contribution < -0.4 is 0 Å². The lowest BCUT2D eigenvalue weighted by Gasteiger charge is -2.11. The normalized spacial score (nSPS) is 12.3. The molecule has 4 aromatic heterocycles. The number of furan rings is 1. The lowest BCUT2D eigenvalue weighted by atomic mass is 10.0. The molecule has 0 fully saturated rings. The zero-order valence-corrected chi connectivity index (χ0v) is 22.4. The van der Waals surface area contributed by atoms with E-state index >= 15 is 0 Å². The summed E-state index contributed by atoms with van der Waals surface area (Å²) >= 11 is 0. The van der Waals surface area contributed by atoms with Crippen LogP contribution in [0.3, 0.4) is 0 Å². The van der Waals surface area contributed by atoms with Crippen LogP contribution in [0.4, 0.5) is 0 Å². The number of aromatic nitrogens is 3. The van der Waals surface area contributed by atoms with E-state index in [-0.39, 0.29) is 0 Å². The Morgan fingerprint density at radius 2 is 1.33 bits per heavy atom. The quantitative estimate of drug-likeness (QED) is 0.221. The minimum absolute atomic E-state index is 0.911. The average molecular weight is 536 g/mol. The molecule has 0 spiro atoms. The summed E-state index contributed by atoms with van der Waals surface area (Å²) in [5.74, 6) is 0.921. The van der Waals surface area contributed by atoms with Crippen molar-refractivity contribution in [1.82, 2.24) is 14.5 Å². The van der Waals surface area contributed by atoms with Crippen molar-refractivity contribution in [3.05, 3.63) is 128 Å². The molecule has 0 aliphatic heterocycles. The monoisotopic (exact) mass is 535 g/mol. The molecule has 194 valence electrons. The third-order valence-corrected chi connectivity index (χ3v) is 8.82. The second-order valence-electron chi connectivity index (χ2n) is 11.0. The minimum Gasteiger partial charge on any atom is -0.456 e. The van der Waals surface area contributed by atoms with E-state index in [0.717, 1.165) is 55.6 Å². The molecule has 0 radical (unpaired) electrons. The Hall–Kier alpha value is -5.74. The van der Waals surface area contributed by atoms with Crippen molar-refractivity contribution in [2.75, 3.05) is 0 Å². The molecule has 0 amide bonds. The van der Waals surface area contributed by atoms with E-state index in [1.807, 2.05) is 24.5 Å². The van der Waals surface area contributed by atoms with Gasteiger partial charge in [0, 0.05) is 50.5 Å². The number of rotatable bonds is 2. The molecule has 0 saturated heterocycles. The highest BCUT2D eigenvalue weighted by Crippen LogP contribution is 2.46. The topological polar surface area (TPSA) is 43.9 Å². The molecule has 42 heavy (non-hydrogen) atoms. The number of nitrogens with zero attached hydrogens (tertiary/aromatic N) is 3. The Balaban J connectivity index is 1.22. The number of benzene rings is 5. The van der Waals surface area contributed by atoms with Gasteiger partial charge in [-0.15, -0.1) is 0 Å². The zero-order chi connectivity index (χ0) is 27.4. The Morgan fingerprint density at radius 3 is 2.29 bits per heavy atom. The van der Waals surface area contributed by atoms with E-state index in [0.29, 0.717) is 0 Å². The lowest BCUT2D eigenvalue weighted by Crippen LogP contribution is -1.98. The van der Waals surface area contributed by atoms with E-state index in [9.17, 15) is 0 Å². The summed E-state index contributed by atoms with van der Waals surface area (Å²) in [4.78, 5) is 9.72. The fraction of sp³-hybridized carbons (Fsp3) is 0. The summed E-state index contributed by atoms with van der Waals surface area (Å²) < 4.78 is 8.39. The van der Waals surface area contributed by atoms with Crippen LogP contribution in [0.2, 0.25) is 0 Å². The van der Waals surface area contributed by atoms with Gasteiger partial charge in [-0.2, -0.15) is 0 Å². The molecule has 4 heterocycles. The SMILES string of the molecule is c1cc2c3c(nc(-n4c5ccccc5c5cc(-c6ccc7oc8ccccc8c7c6)ccc54)cc3c1)-c1ccncc1-2. The number of pyridine rings is 2. The molecule has 1 aliphatic rings. The standard InChI is InChI=1S/C38H21N3O/c1-3-10-32-25(7-1)29-18-22(23-13-15-35-30(19-23)26-8-2-4-11-34(26)42-35)12-14-33(29)41(32)36-20-24-6-5-9-27-31-21-39-17-16-28(31)38(40-36)37(24)27/h1-21H. The number of para-hydroxylation sites is 2. The summed E-state index contributed by atoms with van der Waals surface area (Å²) in [5, 5.41) is 7.08. The highest BCUT2D eigenvalue weighted by atomic mass is 16.3. The molecule has 4 heteroatoms. The smallest absolute Gasteiger partial charge is 0.138 e. The van der Waals surface area contributed by atoms with Gasteiger partial charge in [-0.25, -0.2) is 4.98 Å². The molecule has 5 aromatic carbocycles. The predicted octanol–water partition coefficient (Wildman–Crippen LogP) is 9.94. The van der Waals surface area contributed by atoms with Crippen LogP contribution in [-0.4, -0.2) is 14.5 Å². The molecule has 10 rings (SSSR count). The molecule has 0 atom stereocenters. The first-order valence-corrected chi connectivity index (χ1v) is 14.2. The summed E-state index contributed by atoms with van der Waals surface area (Å²) in [5.41, 5.74) is 11.0. The number of hydrogen-bond acceptors (Lipinski definition) is 3. The van der Waals surface area contributed by atoms with Gasteiger partial charge < -0.3 is 4.42 Å². The largest absolute Gasteiger partial charge is 0.456 e. The van der Waals surface area contributed by atoms with Crippen molar-refractivity contribution >= 4 is 54.5 Å². The van der Waals surface area contributed by atoms with Crippen LogP contribution >= 0.6 is 0 Å². The van der Waals surface area contributed by atoms with Crippen molar-refractivity contribution in [1.29, 1.82) is 0 Å². The van der Waals surface area contributed by atoms with Gasteiger partial charge in [0.25, 0.3) is 0 Å². The first-order valence-electron chi connectivity index (χ1n) is 14.2. The number of fused-ring (bicyclic) bond motifs is 9. The van der Waals surface area contributed by atoms with Gasteiger partial charge in [-0.05, 0) is 70.6 Å². The Labute approximate surface area is 240 Å². The van der Waals surface area contributed by atoms with Crippen LogP contribution in [0.1, 0.15) is 0 Å². The van der Waals surface area contributed by atoms with Gasteiger partial charge in [-0.3, -0.25) is 9.55 Å². The summed E-state index contributed by atoms with van der Waals surface area (Å²) in [6, 6.07) is 40.9. The van der Waals surface area contributed by atoms with E-state index in [1.54, 1.807) is 0 Å². The van der Waals surface area contributed by atoms with Crippen LogP contribution in [0.15, 0.2) is 132 Å². The number of hydrogen-bond donors (Lipinski definition) is 0. The van der Waals surface area contributed by atoms with Gasteiger partial charge in [0.05, 0.1) is 16.7 Å². The molecule has 0 bridgehead atoms. The molecular formula is C38H21N3O. The van der Waals surface area contributed by atoms with Gasteiger partial charge in [0.1, 0.15) is 17.0 Å². The van der Waals surface area contributed by atoms with Crippen molar-refractivity contribution in [3.63, 3.8) is 0 Å². The predicted molar refractivity (Wildman–Crippen MR) is 171 cm³/mol. The fourth-order valence-electron chi connectivity index (χ4n) is 6.95. The van der Waals surface area contributed by atoms with Crippen molar-refractivity contribution in [2.24, 2.45) is 0 Å². The van der Waals surface area contributed by atoms with Crippen molar-refractivity contribution in [3.8, 4) is 39.3 Å². The van der Waals surface area contributed by atoms with Gasteiger partial charge in [0.2, 0.25) is 0 Å². The second kappa shape index (κ2) is 7.93. The highest BCUT2D eigenvalue weighted by Gasteiger charge is 2.24. The van der Waals surface area contributed by atoms with Crippen molar-refractivity contribution < 1.29 is 4.42 Å². The summed E-state index contributed by atoms with van der Waals surface area (Å²) in [6.07, 6.45) is 3.81. The molecular weight excluding hydrogens is 514 g/mol. The average Bonchev–Trinajstić information content (AvgIpc) is 3.69. The van der Waals surface area contributed by atoms with Crippen molar-refractivity contribution in [2.45, 2.75) is 0 Å². The van der Waals surface area contributed by atoms with Crippen LogP contribution in [0, 0.1) is 0 Å². The Bertz CT molecular complexity index is 2590. The lowest BCUT2D eigenvalue weighted by molar-refractivity contribution is 0.669. The van der Waals surface area contributed by atoms with Gasteiger partial charge in [-0.1, -0.05) is 66.7 Å². The first kappa shape index (κ1) is 22.0. The maximum absolute atomic E-state index is 6.08. The third kappa shape index (κ3) is 2.85. The summed E-state index contributed by atoms with van der Waals surface area (Å²) in [6.45, 7) is 0. The second-order valence-corrected chi connectivity index (χ2v) is 11.0. The highest BCUT2D eigenvalue weighted by molar-refractivity contribution is 6.15. The van der Waals surface area contributed by atoms with Gasteiger partial charge >= 0.3 is 0 Å². The van der Waals surface area contributed by atoms with E-state index in [1.165, 1.54) is 38.2 Å². The first-order chi connectivity index (χ1) is 20.8. The van der Waals surface area contributed by atoms with Gasteiger partial charge in [0.15, 0.2) is 0 Å². The Kier molecular flexibility index (Phi) is 4.15. The molecule has 0 N–H and O–H groups in total. The van der Waals surface area contributed by atoms with Crippen LogP contribution in [0.5, 0.6) is 0 Å². The molecule has 4 nitrogen and oxygen atoms in total. The Morgan fingerprint density at radius 1 is 0.548 bits per heavy atom. The third-order valence-electron chi connectivity index (χ3n) is 8.82. The minimum atomic E-state index is 0.911. The molecule has 1 aliphatic carbocycles. The molecule has 0 saturated carbocycles. The maximum Gasteiger partial charge on any atom is 0.138 e. The zero-order valence-electron chi connectivity index (χ0n) is 22.4. The van der Waals surface area contributed by atoms with E-state index in [4.69, 9.17) is 9.40 Å². The van der Waals surface area contributed by atoms with E-state index in [2.05, 4.69) is 113 Å². The molecule has 0 unspecified atom stereocenters. The van der Waals surface area contributed by atoms with E-state index < -0.39 is 0 Å². The molecule has 9 aromatic rings. The fourth-order valence-corrected chi connectivity index (χ4v) is 6.95. The summed E-state index contributed by atoms with van der Waals surface area (Å²) in [7, 11) is 0. The van der Waals surface area contributed by atoms with Crippen LogP contribution in [-0.2, 0) is 0 Å². The van der Waals surface area contributed by atoms with Crippen LogP contribution in [0.25, 0.3) is 93.8 Å². The maximum atomic E-state index is 6.08.